The predicted octanol–water partition coefficient (Wildman–Crippen LogP) is 4.47. The molecule has 7 heteroatoms. The number of hydrogen-bond donors (Lipinski definition) is 1. The molecule has 2 heterocycles. The highest BCUT2D eigenvalue weighted by Gasteiger charge is 2.42. The summed E-state index contributed by atoms with van der Waals surface area (Å²) < 4.78 is 55.0. The number of aliphatic imine (C=N–C) groups is 1. The van der Waals surface area contributed by atoms with E-state index in [2.05, 4.69) is 22.7 Å². The molecule has 5 atom stereocenters. The van der Waals surface area contributed by atoms with Crippen LogP contribution in [0.1, 0.15) is 44.2 Å². The van der Waals surface area contributed by atoms with Gasteiger partial charge in [0.2, 0.25) is 0 Å². The van der Waals surface area contributed by atoms with Crippen molar-refractivity contribution in [3.63, 3.8) is 0 Å². The van der Waals surface area contributed by atoms with Crippen LogP contribution in [0, 0.1) is 11.8 Å². The molecule has 0 amide bonds. The van der Waals surface area contributed by atoms with E-state index < -0.39 is 22.7 Å². The minimum Gasteiger partial charge on any atom is -0.288 e. The minimum absolute atomic E-state index is 0.0623. The molecule has 0 radical (unpaired) electrons. The first-order chi connectivity index (χ1) is 12.2. The Morgan fingerprint density at radius 2 is 2.04 bits per heavy atom. The van der Waals surface area contributed by atoms with Crippen molar-refractivity contribution in [2.24, 2.45) is 16.8 Å². The number of alkyl halides is 3. The fourth-order valence-electron chi connectivity index (χ4n) is 3.96. The minimum atomic E-state index is -4.45. The average Bonchev–Trinajstić information content (AvgIpc) is 2.60. The Labute approximate surface area is 154 Å². The third-order valence-corrected chi connectivity index (χ3v) is 6.47. The summed E-state index contributed by atoms with van der Waals surface area (Å²) in [4.78, 5) is 4.85. The monoisotopic (exact) mass is 384 g/mol. The summed E-state index contributed by atoms with van der Waals surface area (Å²) in [7, 11) is -1.69. The smallest absolute Gasteiger partial charge is 0.288 e. The lowest BCUT2D eigenvalue weighted by atomic mass is 9.75. The second-order valence-corrected chi connectivity index (χ2v) is 8.39. The van der Waals surface area contributed by atoms with Gasteiger partial charge in [-0.05, 0) is 36.1 Å². The highest BCUT2D eigenvalue weighted by atomic mass is 32.2. The van der Waals surface area contributed by atoms with Crippen molar-refractivity contribution >= 4 is 17.2 Å². The Hall–Kier alpha value is -1.47. The standard InChI is InChI=1S/C19H23F3N2OS/c1-4-12-6-5-9-23-17(12)18-16(11(2)3)14-8-7-13(19(20,21)22)10-15(14)26(25)24-18/h5-12,16-18,24H,4H2,1-3H3. The Balaban J connectivity index is 2.05. The van der Waals surface area contributed by atoms with Crippen LogP contribution in [0.5, 0.6) is 0 Å². The average molecular weight is 384 g/mol. The number of fused-ring (bicyclic) bond motifs is 1. The summed E-state index contributed by atoms with van der Waals surface area (Å²) in [5.74, 6) is 0.318. The van der Waals surface area contributed by atoms with E-state index in [0.29, 0.717) is 0 Å². The van der Waals surface area contributed by atoms with Gasteiger partial charge >= 0.3 is 6.18 Å². The summed E-state index contributed by atoms with van der Waals surface area (Å²) in [6.45, 7) is 6.16. The van der Waals surface area contributed by atoms with Gasteiger partial charge in [0.05, 0.1) is 16.5 Å². The van der Waals surface area contributed by atoms with Crippen LogP contribution < -0.4 is 4.72 Å². The SMILES string of the molecule is CCC1C=CC=NC1C1NS(=O)c2cc(C(F)(F)F)ccc2C1C(C)C. The van der Waals surface area contributed by atoms with Crippen LogP contribution in [0.15, 0.2) is 40.2 Å². The molecular formula is C19H23F3N2OS. The number of dihydropyridines is 1. The Morgan fingerprint density at radius 3 is 2.65 bits per heavy atom. The van der Waals surface area contributed by atoms with E-state index in [1.54, 1.807) is 6.21 Å². The molecular weight excluding hydrogens is 361 g/mol. The first-order valence-electron chi connectivity index (χ1n) is 8.83. The van der Waals surface area contributed by atoms with Crippen molar-refractivity contribution in [3.8, 4) is 0 Å². The topological polar surface area (TPSA) is 41.5 Å². The molecule has 0 fully saturated rings. The maximum atomic E-state index is 13.1. The van der Waals surface area contributed by atoms with Gasteiger partial charge < -0.3 is 0 Å². The summed E-state index contributed by atoms with van der Waals surface area (Å²) in [6.07, 6.45) is 2.21. The molecule has 0 saturated carbocycles. The third kappa shape index (κ3) is 3.51. The summed E-state index contributed by atoms with van der Waals surface area (Å²) in [5, 5.41) is 0. The lowest BCUT2D eigenvalue weighted by Crippen LogP contribution is -2.52. The molecule has 0 aliphatic carbocycles. The maximum absolute atomic E-state index is 13.1. The van der Waals surface area contributed by atoms with E-state index in [-0.39, 0.29) is 34.7 Å². The number of nitrogens with zero attached hydrogens (tertiary/aromatic N) is 1. The fourth-order valence-corrected chi connectivity index (χ4v) is 5.27. The quantitative estimate of drug-likeness (QED) is 0.821. The van der Waals surface area contributed by atoms with Crippen LogP contribution in [-0.2, 0) is 17.2 Å². The van der Waals surface area contributed by atoms with Gasteiger partial charge in [-0.25, -0.2) is 8.93 Å². The van der Waals surface area contributed by atoms with Gasteiger partial charge in [-0.15, -0.1) is 0 Å². The molecule has 1 aromatic carbocycles. The number of benzene rings is 1. The number of rotatable bonds is 3. The van der Waals surface area contributed by atoms with Gasteiger partial charge in [-0.3, -0.25) is 4.99 Å². The number of hydrogen-bond acceptors (Lipinski definition) is 2. The second kappa shape index (κ2) is 7.27. The van der Waals surface area contributed by atoms with Gasteiger partial charge in [0.1, 0.15) is 11.0 Å². The van der Waals surface area contributed by atoms with E-state index in [1.807, 2.05) is 19.9 Å². The summed E-state index contributed by atoms with van der Waals surface area (Å²) in [6, 6.07) is 3.33. The molecule has 3 rings (SSSR count). The molecule has 1 aromatic rings. The number of nitrogens with one attached hydrogen (secondary N) is 1. The van der Waals surface area contributed by atoms with Crippen molar-refractivity contribution < 1.29 is 17.4 Å². The van der Waals surface area contributed by atoms with E-state index >= 15 is 0 Å². The molecule has 0 aromatic heterocycles. The van der Waals surface area contributed by atoms with Crippen LogP contribution in [0.3, 0.4) is 0 Å². The highest BCUT2D eigenvalue weighted by Crippen LogP contribution is 2.42. The van der Waals surface area contributed by atoms with E-state index in [4.69, 9.17) is 0 Å². The number of halogens is 3. The van der Waals surface area contributed by atoms with Gasteiger partial charge in [-0.1, -0.05) is 32.9 Å². The molecule has 26 heavy (non-hydrogen) atoms. The van der Waals surface area contributed by atoms with Crippen molar-refractivity contribution in [1.82, 2.24) is 4.72 Å². The van der Waals surface area contributed by atoms with E-state index in [1.165, 1.54) is 6.07 Å². The molecule has 3 nitrogen and oxygen atoms in total. The Morgan fingerprint density at radius 1 is 1.31 bits per heavy atom. The van der Waals surface area contributed by atoms with Crippen LogP contribution in [0.25, 0.3) is 0 Å². The predicted molar refractivity (Wildman–Crippen MR) is 97.6 cm³/mol. The normalized spacial score (nSPS) is 31.3. The first kappa shape index (κ1) is 19.3. The summed E-state index contributed by atoms with van der Waals surface area (Å²) in [5.41, 5.74) is -0.0351. The number of allylic oxidation sites excluding steroid dienone is 1. The van der Waals surface area contributed by atoms with Crippen molar-refractivity contribution in [1.29, 1.82) is 0 Å². The van der Waals surface area contributed by atoms with Crippen LogP contribution in [-0.4, -0.2) is 22.5 Å². The van der Waals surface area contributed by atoms with Crippen LogP contribution in [0.4, 0.5) is 13.2 Å². The molecule has 0 bridgehead atoms. The maximum Gasteiger partial charge on any atom is 0.416 e. The lowest BCUT2D eigenvalue weighted by Gasteiger charge is -2.41. The zero-order valence-electron chi connectivity index (χ0n) is 15.0. The molecule has 142 valence electrons. The van der Waals surface area contributed by atoms with Crippen molar-refractivity contribution in [3.05, 3.63) is 41.5 Å². The zero-order valence-corrected chi connectivity index (χ0v) is 15.8. The van der Waals surface area contributed by atoms with Crippen molar-refractivity contribution in [2.75, 3.05) is 0 Å². The molecule has 0 saturated heterocycles. The summed E-state index contributed by atoms with van der Waals surface area (Å²) >= 11 is 0. The highest BCUT2D eigenvalue weighted by molar-refractivity contribution is 7.83. The van der Waals surface area contributed by atoms with Crippen molar-refractivity contribution in [2.45, 2.75) is 56.3 Å². The van der Waals surface area contributed by atoms with Gasteiger partial charge in [0.15, 0.2) is 0 Å². The van der Waals surface area contributed by atoms with E-state index in [0.717, 1.165) is 24.1 Å². The zero-order chi connectivity index (χ0) is 19.1. The van der Waals surface area contributed by atoms with Gasteiger partial charge in [0.25, 0.3) is 0 Å². The largest absolute Gasteiger partial charge is 0.416 e. The van der Waals surface area contributed by atoms with Gasteiger partial charge in [-0.2, -0.15) is 13.2 Å². The van der Waals surface area contributed by atoms with Crippen LogP contribution in [0.2, 0.25) is 0 Å². The Kier molecular flexibility index (Phi) is 5.40. The van der Waals surface area contributed by atoms with Gasteiger partial charge in [0, 0.05) is 24.1 Å². The molecule has 5 unspecified atom stereocenters. The second-order valence-electron chi connectivity index (χ2n) is 7.18. The molecule has 0 spiro atoms. The van der Waals surface area contributed by atoms with Crippen LogP contribution >= 0.6 is 0 Å². The molecule has 2 aliphatic heterocycles. The fraction of sp³-hybridized carbons (Fsp3) is 0.526. The molecule has 2 aliphatic rings. The third-order valence-electron chi connectivity index (χ3n) is 5.23. The Bertz CT molecular complexity index is 758. The first-order valence-corrected chi connectivity index (χ1v) is 9.98. The molecule has 1 N–H and O–H groups in total. The lowest BCUT2D eigenvalue weighted by molar-refractivity contribution is -0.137. The van der Waals surface area contributed by atoms with E-state index in [9.17, 15) is 17.4 Å².